The van der Waals surface area contributed by atoms with Crippen molar-refractivity contribution in [3.05, 3.63) is 11.8 Å². The Balaban J connectivity index is -0.000000898. The number of aliphatic hydroxyl groups is 7. The van der Waals surface area contributed by atoms with Crippen LogP contribution < -0.4 is 123 Å². The molecule has 1 aliphatic carbocycles. The van der Waals surface area contributed by atoms with Gasteiger partial charge in [0.1, 0.15) is 66.7 Å². The van der Waals surface area contributed by atoms with E-state index in [2.05, 4.69) is 23.0 Å². The van der Waals surface area contributed by atoms with E-state index in [1.807, 2.05) is 0 Å². The Kier molecular flexibility index (Phi) is 37.3. The summed E-state index contributed by atoms with van der Waals surface area (Å²) in [5.41, 5.74) is 0. The van der Waals surface area contributed by atoms with Crippen molar-refractivity contribution in [3.63, 3.8) is 0 Å². The largest absolute Gasteiger partial charge is 1.00 e. The molecular weight excluding hydrogens is 936 g/mol. The molecule has 2 saturated heterocycles. The molecule has 0 aromatic carbocycles. The quantitative estimate of drug-likeness (QED) is 0.0263. The molecule has 3 heterocycles. The van der Waals surface area contributed by atoms with Crippen LogP contribution in [0.15, 0.2) is 11.8 Å². The first-order chi connectivity index (χ1) is 27.3. The number of carbonyl (C=O) groups is 1. The van der Waals surface area contributed by atoms with Gasteiger partial charge in [-0.2, -0.15) is 0 Å². The van der Waals surface area contributed by atoms with Crippen LogP contribution in [0.3, 0.4) is 0 Å². The predicted molar refractivity (Wildman–Crippen MR) is 174 cm³/mol. The topological polar surface area (TPSA) is 387 Å². The maximum Gasteiger partial charge on any atom is 1.00 e. The van der Waals surface area contributed by atoms with Gasteiger partial charge >= 0.3 is 118 Å². The second-order valence-corrected chi connectivity index (χ2v) is 13.4. The van der Waals surface area contributed by atoms with E-state index in [1.165, 1.54) is 34.9 Å². The van der Waals surface area contributed by atoms with E-state index in [9.17, 15) is 62.2 Å². The van der Waals surface area contributed by atoms with Gasteiger partial charge in [0.2, 0.25) is 6.29 Å². The first-order valence-electron chi connectivity index (χ1n) is 16.6. The average molecular weight is 983 g/mol. The number of aliphatic hydroxyl groups excluding tert-OH is 7. The third-order valence-corrected chi connectivity index (χ3v) is 9.18. The zero-order chi connectivity index (χ0) is 44.0. The van der Waals surface area contributed by atoms with E-state index in [-0.39, 0.29) is 125 Å². The van der Waals surface area contributed by atoms with Gasteiger partial charge in [-0.25, -0.2) is 9.78 Å². The maximum absolute atomic E-state index is 10.7. The molecule has 18 atom stereocenters. The normalized spacial score (nSPS) is 37.6. The molecule has 3 fully saturated rings. The molecule has 4 aliphatic rings. The number of hydrogen-bond donors (Lipinski definition) is 7. The first kappa shape index (κ1) is 67.9. The third kappa shape index (κ3) is 19.9. The van der Waals surface area contributed by atoms with Crippen molar-refractivity contribution < 1.29 is 247 Å². The van der Waals surface area contributed by atoms with Crippen molar-refractivity contribution in [2.75, 3.05) is 28.4 Å². The van der Waals surface area contributed by atoms with Crippen LogP contribution >= 0.6 is 0 Å². The summed E-state index contributed by atoms with van der Waals surface area (Å²) in [5.74, 6) is -2.10. The fourth-order valence-electron chi connectivity index (χ4n) is 5.95. The minimum absolute atomic E-state index is 0. The second kappa shape index (κ2) is 34.0. The van der Waals surface area contributed by atoms with Crippen LogP contribution in [-0.2, 0) is 109 Å². The summed E-state index contributed by atoms with van der Waals surface area (Å²) in [6.07, 6.45) is -20.8. The summed E-state index contributed by atoms with van der Waals surface area (Å²) >= 11 is 0. The smallest absolute Gasteiger partial charge is 0.649 e. The Morgan fingerprint density at radius 3 is 1.60 bits per heavy atom. The van der Waals surface area contributed by atoms with E-state index in [0.717, 1.165) is 6.08 Å². The monoisotopic (exact) mass is 982 g/mol. The molecule has 340 valence electrons. The first-order valence-corrected chi connectivity index (χ1v) is 18.6. The molecule has 0 aromatic heterocycles. The van der Waals surface area contributed by atoms with Gasteiger partial charge in [0.15, 0.2) is 24.8 Å². The van der Waals surface area contributed by atoms with Crippen LogP contribution in [0.1, 0.15) is 20.3 Å². The predicted octanol–water partition coefficient (Wildman–Crippen LogP) is -18.4. The molecule has 0 spiro atoms. The second-order valence-electron chi connectivity index (χ2n) is 12.3. The number of carbonyl (C=O) groups excluding carboxylic acids is 2. The van der Waals surface area contributed by atoms with Gasteiger partial charge in [0.25, 0.3) is 0 Å². The molecule has 18 unspecified atom stereocenters. The van der Waals surface area contributed by atoms with Gasteiger partial charge in [-0.1, -0.05) is 6.47 Å². The van der Waals surface area contributed by atoms with Crippen molar-refractivity contribution in [1.29, 1.82) is 0 Å². The average Bonchev–Trinajstić information content (AvgIpc) is 3.17. The summed E-state index contributed by atoms with van der Waals surface area (Å²) < 4.78 is 94.8. The van der Waals surface area contributed by atoms with Crippen LogP contribution in [0.5, 0.6) is 0 Å². The Labute approximate surface area is 447 Å². The molecule has 27 nitrogen and oxygen atoms in total. The van der Waals surface area contributed by atoms with E-state index >= 15 is 0 Å². The third-order valence-electron chi connectivity index (χ3n) is 8.80. The standard InChI is InChI=1S/C15H24O13S.C7H13O8S.C7H10O6.4Na/c1-6-12(23-3)14(27-28-29(20)21)11(19)15(25-6)26-13-8(24-5-16)4-7(22-2)9(17)10(13)18;1-3-5(12-2)6(14-15-16(10)11)4(8)7(9)13-3;1-12-7-5(9)3(8)2-4(13-7)6(10)11;;;;/h6-15,17-19H,4H2,1-3H3;3-9H,1-2H3;2-3,5,7-9H,1H3,(H,10,11);;;;/q-2;-1;;4*+1/p-1. The van der Waals surface area contributed by atoms with Gasteiger partial charge in [-0.3, -0.25) is 8.67 Å². The Bertz CT molecular complexity index is 1450. The number of rotatable bonds is 15. The minimum Gasteiger partial charge on any atom is -0.649 e. The molecule has 4 rings (SSSR count). The summed E-state index contributed by atoms with van der Waals surface area (Å²) in [6.45, 7) is 4.37. The Morgan fingerprint density at radius 2 is 1.16 bits per heavy atom. The molecular formula is C29H46Na4O27S2. The number of ether oxygens (including phenoxy) is 9. The van der Waals surface area contributed by atoms with E-state index in [1.54, 1.807) is 13.8 Å². The number of carboxylic acid groups (broad SMARTS) is 1. The maximum atomic E-state index is 10.7. The molecule has 3 aliphatic heterocycles. The van der Waals surface area contributed by atoms with Crippen molar-refractivity contribution in [3.8, 4) is 0 Å². The fourth-order valence-corrected chi connectivity index (χ4v) is 6.26. The van der Waals surface area contributed by atoms with Crippen LogP contribution in [0, 0.1) is 0 Å². The fraction of sp³-hybridized carbons (Fsp3) is 0.862. The number of aliphatic carboxylic acids is 1. The summed E-state index contributed by atoms with van der Waals surface area (Å²) in [7, 11) is -0.749. The molecule has 0 bridgehead atoms. The van der Waals surface area contributed by atoms with E-state index in [0.29, 0.717) is 0 Å². The molecule has 33 heteroatoms. The van der Waals surface area contributed by atoms with Crippen LogP contribution in [0.4, 0.5) is 0 Å². The summed E-state index contributed by atoms with van der Waals surface area (Å²) in [6, 6.07) is 0. The minimum atomic E-state index is -3.02. The number of carboxylic acids is 1. The van der Waals surface area contributed by atoms with Crippen LogP contribution in [0.2, 0.25) is 0 Å². The van der Waals surface area contributed by atoms with Gasteiger partial charge in [0, 0.05) is 34.9 Å². The van der Waals surface area contributed by atoms with Crippen LogP contribution in [-0.4, -0.2) is 187 Å². The van der Waals surface area contributed by atoms with Gasteiger partial charge in [0.05, 0.1) is 46.4 Å². The van der Waals surface area contributed by atoms with Gasteiger partial charge < -0.3 is 110 Å². The van der Waals surface area contributed by atoms with Gasteiger partial charge in [-0.05, 0) is 19.9 Å². The van der Waals surface area contributed by atoms with Gasteiger partial charge in [-0.15, -0.1) is 0 Å². The molecule has 0 amide bonds. The molecule has 0 radical (unpaired) electrons. The zero-order valence-electron chi connectivity index (χ0n) is 35.3. The number of methoxy groups -OCH3 is 4. The summed E-state index contributed by atoms with van der Waals surface area (Å²) in [4.78, 5) is 30.2. The molecule has 7 N–H and O–H groups in total. The van der Waals surface area contributed by atoms with Crippen LogP contribution in [0.25, 0.3) is 0 Å². The van der Waals surface area contributed by atoms with E-state index in [4.69, 9.17) is 43.2 Å². The number of hydrogen-bond acceptors (Lipinski definition) is 29. The molecule has 0 aromatic rings. The molecule has 1 saturated carbocycles. The SMILES string of the molecule is COC1C(C)OC(O)C(O)C1OO[S-](=O)=O.COC1CC(O[C-]=O)C(OC2OC(C)C(OC)C(OO[S-](=O)=O)C2O)C(O)C1O.COC1OC(C(=O)[O-])=CC(O)C1O.[Na+].[Na+].[Na+].[Na+]. The van der Waals surface area contributed by atoms with Crippen molar-refractivity contribution in [2.24, 2.45) is 0 Å². The van der Waals surface area contributed by atoms with Crippen molar-refractivity contribution in [1.82, 2.24) is 0 Å². The zero-order valence-corrected chi connectivity index (χ0v) is 44.9. The van der Waals surface area contributed by atoms with Crippen molar-refractivity contribution >= 4 is 34.4 Å². The van der Waals surface area contributed by atoms with E-state index < -0.39 is 144 Å². The molecule has 62 heavy (non-hydrogen) atoms. The summed E-state index contributed by atoms with van der Waals surface area (Å²) in [5, 5.41) is 78.5. The Morgan fingerprint density at radius 1 is 0.661 bits per heavy atom. The van der Waals surface area contributed by atoms with Crippen molar-refractivity contribution in [2.45, 2.75) is 131 Å². The Hall–Kier alpha value is 1.66.